The lowest BCUT2D eigenvalue weighted by molar-refractivity contribution is -0.130. The Morgan fingerprint density at radius 3 is 2.21 bits per heavy atom. The van der Waals surface area contributed by atoms with Crippen molar-refractivity contribution in [1.82, 2.24) is 4.90 Å². The molecule has 1 saturated heterocycles. The average molecular weight is 441 g/mol. The molecule has 1 heterocycles. The highest BCUT2D eigenvalue weighted by Crippen LogP contribution is 2.30. The van der Waals surface area contributed by atoms with Crippen LogP contribution in [0.15, 0.2) is 53.4 Å². The summed E-state index contributed by atoms with van der Waals surface area (Å²) in [5.41, 5.74) is 0.264. The van der Waals surface area contributed by atoms with Crippen LogP contribution < -0.4 is 4.31 Å². The highest BCUT2D eigenvalue weighted by molar-refractivity contribution is 7.92. The summed E-state index contributed by atoms with van der Waals surface area (Å²) in [6, 6.07) is 12.5. The number of rotatable bonds is 5. The quantitative estimate of drug-likeness (QED) is 0.689. The van der Waals surface area contributed by atoms with Gasteiger partial charge in [-0.1, -0.05) is 48.3 Å². The molecule has 0 atom stereocenters. The summed E-state index contributed by atoms with van der Waals surface area (Å²) in [5.74, 6) is 0.336. The molecule has 0 bridgehead atoms. The molecule has 2 aromatic rings. The van der Waals surface area contributed by atoms with E-state index in [1.165, 1.54) is 30.3 Å². The first-order valence-corrected chi connectivity index (χ1v) is 11.3. The van der Waals surface area contributed by atoms with Gasteiger partial charge in [-0.15, -0.1) is 0 Å². The summed E-state index contributed by atoms with van der Waals surface area (Å²) in [5, 5.41) is 0.602. The average Bonchev–Trinajstić information content (AvgIpc) is 2.66. The molecule has 0 aliphatic carbocycles. The summed E-state index contributed by atoms with van der Waals surface area (Å²) in [4.78, 5) is 14.7. The number of likely N-dealkylation sites (tertiary alicyclic amines) is 1. The van der Waals surface area contributed by atoms with E-state index in [9.17, 15) is 13.2 Å². The molecule has 2 aromatic carbocycles. The minimum absolute atomic E-state index is 0.103. The van der Waals surface area contributed by atoms with Gasteiger partial charge in [0.25, 0.3) is 10.0 Å². The fourth-order valence-corrected chi connectivity index (χ4v) is 5.13. The van der Waals surface area contributed by atoms with Crippen LogP contribution in [0, 0.1) is 5.92 Å². The van der Waals surface area contributed by atoms with Crippen LogP contribution in [0.2, 0.25) is 10.0 Å². The zero-order valence-electron chi connectivity index (χ0n) is 15.5. The van der Waals surface area contributed by atoms with E-state index in [1.807, 2.05) is 0 Å². The molecule has 0 saturated carbocycles. The second kappa shape index (κ2) is 8.72. The fourth-order valence-electron chi connectivity index (χ4n) is 3.20. The lowest BCUT2D eigenvalue weighted by atomic mass is 9.99. The molecule has 1 fully saturated rings. The molecule has 0 spiro atoms. The van der Waals surface area contributed by atoms with Gasteiger partial charge in [-0.2, -0.15) is 0 Å². The molecular formula is C20H22Cl2N2O3S. The number of benzene rings is 2. The highest BCUT2D eigenvalue weighted by atomic mass is 35.5. The van der Waals surface area contributed by atoms with Crippen LogP contribution in [0.5, 0.6) is 0 Å². The number of hydrogen-bond donors (Lipinski definition) is 0. The Labute approximate surface area is 175 Å². The van der Waals surface area contributed by atoms with Crippen molar-refractivity contribution >= 4 is 44.8 Å². The van der Waals surface area contributed by atoms with Gasteiger partial charge in [-0.25, -0.2) is 8.42 Å². The summed E-state index contributed by atoms with van der Waals surface area (Å²) < 4.78 is 27.7. The topological polar surface area (TPSA) is 57.7 Å². The Hall–Kier alpha value is -1.76. The van der Waals surface area contributed by atoms with E-state index in [4.69, 9.17) is 23.2 Å². The maximum absolute atomic E-state index is 13.3. The van der Waals surface area contributed by atoms with Gasteiger partial charge in [0.2, 0.25) is 5.91 Å². The molecule has 0 unspecified atom stereocenters. The zero-order chi connectivity index (χ0) is 20.3. The first-order chi connectivity index (χ1) is 13.3. The van der Waals surface area contributed by atoms with E-state index in [0.717, 1.165) is 17.1 Å². The second-order valence-electron chi connectivity index (χ2n) is 7.02. The van der Waals surface area contributed by atoms with Crippen molar-refractivity contribution in [3.63, 3.8) is 0 Å². The summed E-state index contributed by atoms with van der Waals surface area (Å²) >= 11 is 12.2. The van der Waals surface area contributed by atoms with E-state index in [0.29, 0.717) is 29.1 Å². The van der Waals surface area contributed by atoms with Crippen LogP contribution in [-0.2, 0) is 14.8 Å². The first kappa shape index (κ1) is 21.0. The fraction of sp³-hybridized carbons (Fsp3) is 0.350. The highest BCUT2D eigenvalue weighted by Gasteiger charge is 2.30. The second-order valence-corrected chi connectivity index (χ2v) is 9.75. The van der Waals surface area contributed by atoms with Gasteiger partial charge in [0.1, 0.15) is 6.54 Å². The lowest BCUT2D eigenvalue weighted by Crippen LogP contribution is -2.45. The summed E-state index contributed by atoms with van der Waals surface area (Å²) in [6.07, 6.45) is 1.83. The van der Waals surface area contributed by atoms with Crippen LogP contribution in [0.25, 0.3) is 0 Å². The van der Waals surface area contributed by atoms with Gasteiger partial charge < -0.3 is 4.90 Å². The standard InChI is InChI=1S/C20H22Cl2N2O3S/c1-15-7-9-23(10-8-15)20(25)14-24(18-12-16(21)11-17(22)13-18)28(26,27)19-5-3-2-4-6-19/h2-6,11-13,15H,7-10,14H2,1H3. The van der Waals surface area contributed by atoms with Gasteiger partial charge in [-0.05, 0) is 49.1 Å². The van der Waals surface area contributed by atoms with Crippen molar-refractivity contribution in [1.29, 1.82) is 0 Å². The molecule has 3 rings (SSSR count). The Bertz CT molecular complexity index is 923. The number of sulfonamides is 1. The van der Waals surface area contributed by atoms with Crippen LogP contribution in [0.1, 0.15) is 19.8 Å². The molecule has 0 N–H and O–H groups in total. The Morgan fingerprint density at radius 1 is 1.07 bits per heavy atom. The third-order valence-electron chi connectivity index (χ3n) is 4.88. The predicted molar refractivity (Wildman–Crippen MR) is 112 cm³/mol. The van der Waals surface area contributed by atoms with Gasteiger partial charge in [-0.3, -0.25) is 9.10 Å². The monoisotopic (exact) mass is 440 g/mol. The molecule has 0 radical (unpaired) electrons. The minimum Gasteiger partial charge on any atom is -0.341 e. The van der Waals surface area contributed by atoms with Gasteiger partial charge in [0.05, 0.1) is 10.6 Å². The number of anilines is 1. The van der Waals surface area contributed by atoms with Crippen molar-refractivity contribution < 1.29 is 13.2 Å². The van der Waals surface area contributed by atoms with Crippen LogP contribution >= 0.6 is 23.2 Å². The molecule has 5 nitrogen and oxygen atoms in total. The maximum atomic E-state index is 13.3. The normalized spacial score (nSPS) is 15.5. The number of amides is 1. The van der Waals surface area contributed by atoms with E-state index in [1.54, 1.807) is 23.1 Å². The molecule has 1 aliphatic heterocycles. The Balaban J connectivity index is 1.96. The van der Waals surface area contributed by atoms with Crippen LogP contribution in [0.3, 0.4) is 0 Å². The van der Waals surface area contributed by atoms with Gasteiger partial charge in [0.15, 0.2) is 0 Å². The minimum atomic E-state index is -3.96. The third kappa shape index (κ3) is 4.80. The number of piperidine rings is 1. The molecule has 1 amide bonds. The Morgan fingerprint density at radius 2 is 1.64 bits per heavy atom. The van der Waals surface area contributed by atoms with E-state index in [2.05, 4.69) is 6.92 Å². The molecule has 1 aliphatic rings. The number of nitrogens with zero attached hydrogens (tertiary/aromatic N) is 2. The lowest BCUT2D eigenvalue weighted by Gasteiger charge is -2.32. The first-order valence-electron chi connectivity index (χ1n) is 9.09. The van der Waals surface area contributed by atoms with E-state index in [-0.39, 0.29) is 23.0 Å². The zero-order valence-corrected chi connectivity index (χ0v) is 17.8. The van der Waals surface area contributed by atoms with Gasteiger partial charge >= 0.3 is 0 Å². The number of carbonyl (C=O) groups excluding carboxylic acids is 1. The van der Waals surface area contributed by atoms with E-state index < -0.39 is 10.0 Å². The number of carbonyl (C=O) groups is 1. The molecular weight excluding hydrogens is 419 g/mol. The van der Waals surface area contributed by atoms with E-state index >= 15 is 0 Å². The van der Waals surface area contributed by atoms with Crippen molar-refractivity contribution in [2.75, 3.05) is 23.9 Å². The molecule has 8 heteroatoms. The predicted octanol–water partition coefficient (Wildman–Crippen LogP) is 4.45. The number of hydrogen-bond acceptors (Lipinski definition) is 3. The third-order valence-corrected chi connectivity index (χ3v) is 7.11. The van der Waals surface area contributed by atoms with Crippen LogP contribution in [-0.4, -0.2) is 38.9 Å². The number of halogens is 2. The maximum Gasteiger partial charge on any atom is 0.264 e. The van der Waals surface area contributed by atoms with Crippen molar-refractivity contribution in [2.24, 2.45) is 5.92 Å². The van der Waals surface area contributed by atoms with Crippen LogP contribution in [0.4, 0.5) is 5.69 Å². The summed E-state index contributed by atoms with van der Waals surface area (Å²) in [6.45, 7) is 3.12. The largest absolute Gasteiger partial charge is 0.341 e. The van der Waals surface area contributed by atoms with Crippen molar-refractivity contribution in [2.45, 2.75) is 24.7 Å². The smallest absolute Gasteiger partial charge is 0.264 e. The molecule has 28 heavy (non-hydrogen) atoms. The van der Waals surface area contributed by atoms with Gasteiger partial charge in [0, 0.05) is 23.1 Å². The summed E-state index contributed by atoms with van der Waals surface area (Å²) in [7, 11) is -3.96. The van der Waals surface area contributed by atoms with Crippen molar-refractivity contribution in [3.8, 4) is 0 Å². The SMILES string of the molecule is CC1CCN(C(=O)CN(c2cc(Cl)cc(Cl)c2)S(=O)(=O)c2ccccc2)CC1. The Kier molecular flexibility index (Phi) is 6.53. The molecule has 0 aromatic heterocycles. The molecule has 150 valence electrons. The van der Waals surface area contributed by atoms with Crippen molar-refractivity contribution in [3.05, 3.63) is 58.6 Å².